The summed E-state index contributed by atoms with van der Waals surface area (Å²) in [5.74, 6) is 1.86. The summed E-state index contributed by atoms with van der Waals surface area (Å²) in [5.41, 5.74) is 7.35. The molecule has 186 valence electrons. The lowest BCUT2D eigenvalue weighted by Crippen LogP contribution is -2.42. The minimum Gasteiger partial charge on any atom is -0.493 e. The number of nitrogens with two attached hydrogens (primary N) is 1. The lowest BCUT2D eigenvalue weighted by Gasteiger charge is -2.21. The number of benzene rings is 1. The van der Waals surface area contributed by atoms with Crippen molar-refractivity contribution in [3.8, 4) is 5.75 Å². The van der Waals surface area contributed by atoms with E-state index in [9.17, 15) is 9.59 Å². The van der Waals surface area contributed by atoms with Gasteiger partial charge in [-0.1, -0.05) is 45.9 Å². The highest BCUT2D eigenvalue weighted by atomic mass is 32.2. The Morgan fingerprint density at radius 1 is 1.21 bits per heavy atom. The third-order valence-electron chi connectivity index (χ3n) is 5.41. The topological polar surface area (TPSA) is 90.6 Å². The highest BCUT2D eigenvalue weighted by Crippen LogP contribution is 2.26. The number of esters is 1. The van der Waals surface area contributed by atoms with Crippen LogP contribution in [-0.2, 0) is 9.53 Å². The first-order valence-corrected chi connectivity index (χ1v) is 13.4. The molecule has 33 heavy (non-hydrogen) atoms. The molecule has 1 aromatic carbocycles. The standard InChI is InChI=1S/C25H40N2O4S2/c1-16(2)18(7-8-19(26)15-32)14-31-20-9-10-21(17(3)4)22(13-20)24(28)27-23(11-12-33-6)25(29)30-5/h7-10,13,16-19,23,32H,11-12,14-15,26H2,1-6H3,(H,27,28). The van der Waals surface area contributed by atoms with Crippen molar-refractivity contribution in [2.45, 2.75) is 52.1 Å². The van der Waals surface area contributed by atoms with E-state index in [1.807, 2.05) is 38.3 Å². The van der Waals surface area contributed by atoms with Crippen molar-refractivity contribution in [2.24, 2.45) is 17.6 Å². The van der Waals surface area contributed by atoms with Crippen LogP contribution in [-0.4, -0.2) is 55.4 Å². The Balaban J connectivity index is 3.07. The predicted octanol–water partition coefficient (Wildman–Crippen LogP) is 4.30. The summed E-state index contributed by atoms with van der Waals surface area (Å²) in [6, 6.07) is 4.78. The monoisotopic (exact) mass is 496 g/mol. The van der Waals surface area contributed by atoms with Crippen LogP contribution < -0.4 is 15.8 Å². The van der Waals surface area contributed by atoms with E-state index >= 15 is 0 Å². The number of hydrogen-bond donors (Lipinski definition) is 3. The lowest BCUT2D eigenvalue weighted by atomic mass is 9.95. The van der Waals surface area contributed by atoms with Crippen molar-refractivity contribution in [3.05, 3.63) is 41.5 Å². The first kappa shape index (κ1) is 29.4. The highest BCUT2D eigenvalue weighted by molar-refractivity contribution is 7.98. The van der Waals surface area contributed by atoms with Crippen molar-refractivity contribution < 1.29 is 19.1 Å². The minimum absolute atomic E-state index is 0.0935. The molecule has 3 atom stereocenters. The van der Waals surface area contributed by atoms with Crippen molar-refractivity contribution in [2.75, 3.05) is 31.5 Å². The van der Waals surface area contributed by atoms with E-state index in [1.165, 1.54) is 7.11 Å². The third kappa shape index (κ3) is 10.0. The SMILES string of the molecule is COC(=O)C(CCSC)NC(=O)c1cc(OCC(C=CC(N)CS)C(C)C)ccc1C(C)C. The van der Waals surface area contributed by atoms with Gasteiger partial charge in [-0.2, -0.15) is 24.4 Å². The Hall–Kier alpha value is -1.64. The quantitative estimate of drug-likeness (QED) is 0.202. The maximum atomic E-state index is 13.2. The second-order valence-electron chi connectivity index (χ2n) is 8.68. The van der Waals surface area contributed by atoms with Crippen LogP contribution in [0.15, 0.2) is 30.4 Å². The number of carbonyl (C=O) groups excluding carboxylic acids is 2. The lowest BCUT2D eigenvalue weighted by molar-refractivity contribution is -0.142. The van der Waals surface area contributed by atoms with Gasteiger partial charge in [0.2, 0.25) is 0 Å². The van der Waals surface area contributed by atoms with Gasteiger partial charge in [-0.3, -0.25) is 4.79 Å². The zero-order chi connectivity index (χ0) is 25.0. The molecule has 0 aliphatic carbocycles. The summed E-state index contributed by atoms with van der Waals surface area (Å²) >= 11 is 5.83. The van der Waals surface area contributed by atoms with E-state index in [2.05, 4.69) is 37.9 Å². The van der Waals surface area contributed by atoms with Gasteiger partial charge < -0.3 is 20.5 Å². The summed E-state index contributed by atoms with van der Waals surface area (Å²) in [4.78, 5) is 25.3. The zero-order valence-corrected chi connectivity index (χ0v) is 22.4. The van der Waals surface area contributed by atoms with Gasteiger partial charge in [-0.05, 0) is 48.0 Å². The van der Waals surface area contributed by atoms with Gasteiger partial charge >= 0.3 is 5.97 Å². The van der Waals surface area contributed by atoms with Gasteiger partial charge in [0.25, 0.3) is 5.91 Å². The van der Waals surface area contributed by atoms with Gasteiger partial charge in [0.15, 0.2) is 0 Å². The number of methoxy groups -OCH3 is 1. The Bertz CT molecular complexity index is 784. The Morgan fingerprint density at radius 2 is 1.91 bits per heavy atom. The van der Waals surface area contributed by atoms with Crippen molar-refractivity contribution >= 4 is 36.3 Å². The second kappa shape index (κ2) is 15.3. The van der Waals surface area contributed by atoms with Crippen molar-refractivity contribution in [1.29, 1.82) is 0 Å². The number of thiol groups is 1. The van der Waals surface area contributed by atoms with Crippen molar-refractivity contribution in [1.82, 2.24) is 5.32 Å². The highest BCUT2D eigenvalue weighted by Gasteiger charge is 2.24. The van der Waals surface area contributed by atoms with Crippen LogP contribution in [0.4, 0.5) is 0 Å². The van der Waals surface area contributed by atoms with E-state index in [0.29, 0.717) is 36.0 Å². The number of thioether (sulfide) groups is 1. The van der Waals surface area contributed by atoms with E-state index < -0.39 is 12.0 Å². The maximum absolute atomic E-state index is 13.2. The molecule has 0 aromatic heterocycles. The molecule has 3 N–H and O–H groups in total. The summed E-state index contributed by atoms with van der Waals surface area (Å²) in [6.07, 6.45) is 6.50. The molecule has 0 aliphatic heterocycles. The molecule has 0 fully saturated rings. The Labute approximate surface area is 208 Å². The van der Waals surface area contributed by atoms with Gasteiger partial charge in [-0.25, -0.2) is 4.79 Å². The first-order chi connectivity index (χ1) is 15.6. The summed E-state index contributed by atoms with van der Waals surface area (Å²) in [5, 5.41) is 2.85. The number of rotatable bonds is 14. The number of hydrogen-bond acceptors (Lipinski definition) is 7. The van der Waals surface area contributed by atoms with E-state index in [0.717, 1.165) is 11.3 Å². The van der Waals surface area contributed by atoms with Crippen molar-refractivity contribution in [3.63, 3.8) is 0 Å². The zero-order valence-electron chi connectivity index (χ0n) is 20.7. The molecule has 0 aliphatic rings. The molecule has 1 rings (SSSR count). The molecule has 0 radical (unpaired) electrons. The molecule has 0 saturated carbocycles. The average molecular weight is 497 g/mol. The van der Waals surface area contributed by atoms with Crippen LogP contribution in [0.1, 0.15) is 56.0 Å². The van der Waals surface area contributed by atoms with E-state index in [1.54, 1.807) is 17.8 Å². The van der Waals surface area contributed by atoms with Crippen LogP contribution in [0, 0.1) is 11.8 Å². The summed E-state index contributed by atoms with van der Waals surface area (Å²) < 4.78 is 10.9. The maximum Gasteiger partial charge on any atom is 0.328 e. The first-order valence-electron chi connectivity index (χ1n) is 11.3. The number of nitrogens with one attached hydrogen (secondary N) is 1. The largest absolute Gasteiger partial charge is 0.493 e. The summed E-state index contributed by atoms with van der Waals surface area (Å²) in [6.45, 7) is 8.79. The fourth-order valence-corrected chi connectivity index (χ4v) is 3.79. The average Bonchev–Trinajstić information content (AvgIpc) is 2.80. The second-order valence-corrected chi connectivity index (χ2v) is 10.0. The van der Waals surface area contributed by atoms with E-state index in [4.69, 9.17) is 15.2 Å². The molecule has 8 heteroatoms. The Kier molecular flexibility index (Phi) is 13.6. The van der Waals surface area contributed by atoms with Gasteiger partial charge in [-0.15, -0.1) is 0 Å². The van der Waals surface area contributed by atoms with Gasteiger partial charge in [0, 0.05) is 23.3 Å². The molecule has 6 nitrogen and oxygen atoms in total. The molecule has 0 saturated heterocycles. The minimum atomic E-state index is -0.689. The molecule has 3 unspecified atom stereocenters. The van der Waals surface area contributed by atoms with Crippen LogP contribution in [0.3, 0.4) is 0 Å². The third-order valence-corrected chi connectivity index (χ3v) is 6.47. The molecule has 0 heterocycles. The molecule has 0 spiro atoms. The fourth-order valence-electron chi connectivity index (χ4n) is 3.20. The molecule has 1 aromatic rings. The normalized spacial score (nSPS) is 14.4. The van der Waals surface area contributed by atoms with E-state index in [-0.39, 0.29) is 23.8 Å². The molecule has 0 bridgehead atoms. The van der Waals surface area contributed by atoms with Gasteiger partial charge in [0.05, 0.1) is 13.7 Å². The van der Waals surface area contributed by atoms with Crippen LogP contribution in [0.5, 0.6) is 5.75 Å². The fraction of sp³-hybridized carbons (Fsp3) is 0.600. The summed E-state index contributed by atoms with van der Waals surface area (Å²) in [7, 11) is 1.33. The van der Waals surface area contributed by atoms with Gasteiger partial charge in [0.1, 0.15) is 11.8 Å². The molecule has 1 amide bonds. The molecular weight excluding hydrogens is 456 g/mol. The van der Waals surface area contributed by atoms with Crippen LogP contribution in [0.2, 0.25) is 0 Å². The number of ether oxygens (including phenoxy) is 2. The van der Waals surface area contributed by atoms with Crippen LogP contribution >= 0.6 is 24.4 Å². The Morgan fingerprint density at radius 3 is 2.45 bits per heavy atom. The van der Waals surface area contributed by atoms with Crippen LogP contribution in [0.25, 0.3) is 0 Å². The number of carbonyl (C=O) groups is 2. The predicted molar refractivity (Wildman–Crippen MR) is 142 cm³/mol. The smallest absolute Gasteiger partial charge is 0.328 e. The molecular formula is C25H40N2O4S2. The number of amides is 1.